The van der Waals surface area contributed by atoms with Crippen molar-refractivity contribution in [3.8, 4) is 34.6 Å². The van der Waals surface area contributed by atoms with Gasteiger partial charge in [-0.3, -0.25) is 4.79 Å². The van der Waals surface area contributed by atoms with Crippen LogP contribution in [0.2, 0.25) is 0 Å². The van der Waals surface area contributed by atoms with Crippen LogP contribution in [-0.2, 0) is 4.74 Å². The molecular weight excluding hydrogens is 410 g/mol. The molecule has 3 heterocycles. The fourth-order valence-electron chi connectivity index (χ4n) is 3.65. The van der Waals surface area contributed by atoms with Gasteiger partial charge in [-0.15, -0.1) is 0 Å². The van der Waals surface area contributed by atoms with Gasteiger partial charge in [0.1, 0.15) is 5.75 Å². The summed E-state index contributed by atoms with van der Waals surface area (Å²) in [4.78, 5) is 16.6. The highest BCUT2D eigenvalue weighted by molar-refractivity contribution is 5.93. The van der Waals surface area contributed by atoms with E-state index in [0.29, 0.717) is 40.4 Å². The van der Waals surface area contributed by atoms with Crippen molar-refractivity contribution in [3.05, 3.63) is 53.9 Å². The first kappa shape index (κ1) is 21.3. The monoisotopic (exact) mass is 433 g/mol. The summed E-state index contributed by atoms with van der Waals surface area (Å²) < 4.78 is 12.2. The number of carbonyl (C=O) groups excluding carboxylic acids is 1. The zero-order valence-corrected chi connectivity index (χ0v) is 17.6. The topological polar surface area (TPSA) is 122 Å². The maximum absolute atomic E-state index is 12.3. The number of benzene rings is 1. The first-order valence-corrected chi connectivity index (χ1v) is 10.3. The van der Waals surface area contributed by atoms with Gasteiger partial charge < -0.3 is 19.9 Å². The van der Waals surface area contributed by atoms with Crippen molar-refractivity contribution in [2.75, 3.05) is 20.3 Å². The number of amides is 1. The van der Waals surface area contributed by atoms with Crippen LogP contribution in [-0.4, -0.2) is 52.1 Å². The number of pyridine rings is 1. The van der Waals surface area contributed by atoms with Crippen molar-refractivity contribution < 1.29 is 19.4 Å². The number of hydrogen-bond donors (Lipinski definition) is 2. The van der Waals surface area contributed by atoms with E-state index >= 15 is 0 Å². The molecule has 0 aliphatic carbocycles. The summed E-state index contributed by atoms with van der Waals surface area (Å²) in [5.74, 6) is 0.461. The smallest absolute Gasteiger partial charge is 0.252 e. The highest BCUT2D eigenvalue weighted by Crippen LogP contribution is 2.37. The third-order valence-corrected chi connectivity index (χ3v) is 5.37. The van der Waals surface area contributed by atoms with Gasteiger partial charge in [-0.2, -0.15) is 15.0 Å². The molecule has 1 fully saturated rings. The van der Waals surface area contributed by atoms with E-state index in [1.807, 2.05) is 0 Å². The Morgan fingerprint density at radius 3 is 2.91 bits per heavy atom. The van der Waals surface area contributed by atoms with Gasteiger partial charge >= 0.3 is 0 Å². The Kier molecular flexibility index (Phi) is 6.33. The minimum absolute atomic E-state index is 0.130. The third kappa shape index (κ3) is 4.40. The van der Waals surface area contributed by atoms with E-state index in [9.17, 15) is 9.90 Å². The molecule has 1 saturated heterocycles. The Balaban J connectivity index is 1.47. The molecule has 4 rings (SSSR count). The molecule has 0 radical (unpaired) electrons. The second-order valence-electron chi connectivity index (χ2n) is 7.41. The Labute approximate surface area is 185 Å². The zero-order valence-electron chi connectivity index (χ0n) is 17.6. The SMILES string of the molecule is COc1cc(C#N)ccc1-c1cnn(-c2ccc(C(=O)NCCC3CCCO3)cn2)c1O. The highest BCUT2D eigenvalue weighted by atomic mass is 16.5. The Hall–Kier alpha value is -3.90. The number of hydrogen-bond acceptors (Lipinski definition) is 7. The lowest BCUT2D eigenvalue weighted by molar-refractivity contribution is 0.0907. The van der Waals surface area contributed by atoms with Crippen LogP contribution in [0.5, 0.6) is 11.6 Å². The van der Waals surface area contributed by atoms with Crippen molar-refractivity contribution in [3.63, 3.8) is 0 Å². The molecule has 32 heavy (non-hydrogen) atoms. The Bertz CT molecular complexity index is 1140. The predicted molar refractivity (Wildman–Crippen MR) is 116 cm³/mol. The molecule has 1 unspecified atom stereocenters. The highest BCUT2D eigenvalue weighted by Gasteiger charge is 2.18. The van der Waals surface area contributed by atoms with Crippen LogP contribution in [0.4, 0.5) is 0 Å². The molecule has 0 spiro atoms. The summed E-state index contributed by atoms with van der Waals surface area (Å²) in [6.07, 6.45) is 6.06. The quantitative estimate of drug-likeness (QED) is 0.587. The normalized spacial score (nSPS) is 15.3. The first-order chi connectivity index (χ1) is 15.6. The van der Waals surface area contributed by atoms with E-state index in [2.05, 4.69) is 21.5 Å². The summed E-state index contributed by atoms with van der Waals surface area (Å²) in [6.45, 7) is 1.34. The summed E-state index contributed by atoms with van der Waals surface area (Å²) in [5.41, 5.74) is 1.90. The lowest BCUT2D eigenvalue weighted by Gasteiger charge is -2.10. The van der Waals surface area contributed by atoms with E-state index in [1.54, 1.807) is 30.3 Å². The maximum Gasteiger partial charge on any atom is 0.252 e. The fourth-order valence-corrected chi connectivity index (χ4v) is 3.65. The molecular formula is C23H23N5O4. The third-order valence-electron chi connectivity index (χ3n) is 5.37. The van der Waals surface area contributed by atoms with Crippen LogP contribution in [0.25, 0.3) is 16.9 Å². The van der Waals surface area contributed by atoms with Crippen molar-refractivity contribution in [2.45, 2.75) is 25.4 Å². The molecule has 0 bridgehead atoms. The van der Waals surface area contributed by atoms with Gasteiger partial charge in [0.15, 0.2) is 5.82 Å². The molecule has 1 amide bonds. The van der Waals surface area contributed by atoms with Crippen LogP contribution in [0.15, 0.2) is 42.7 Å². The molecule has 0 saturated carbocycles. The van der Waals surface area contributed by atoms with E-state index in [4.69, 9.17) is 14.7 Å². The van der Waals surface area contributed by atoms with E-state index in [1.165, 1.54) is 24.2 Å². The van der Waals surface area contributed by atoms with Crippen LogP contribution >= 0.6 is 0 Å². The average molecular weight is 433 g/mol. The summed E-state index contributed by atoms with van der Waals surface area (Å²) in [7, 11) is 1.49. The molecule has 1 aliphatic rings. The summed E-state index contributed by atoms with van der Waals surface area (Å²) >= 11 is 0. The number of nitrogens with one attached hydrogen (secondary N) is 1. The predicted octanol–water partition coefficient (Wildman–Crippen LogP) is 2.82. The zero-order chi connectivity index (χ0) is 22.5. The second kappa shape index (κ2) is 9.49. The average Bonchev–Trinajstić information content (AvgIpc) is 3.48. The molecule has 1 atom stereocenters. The van der Waals surface area contributed by atoms with Crippen LogP contribution in [0, 0.1) is 11.3 Å². The minimum atomic E-state index is -0.213. The first-order valence-electron chi connectivity index (χ1n) is 10.3. The largest absolute Gasteiger partial charge is 0.496 e. The van der Waals surface area contributed by atoms with Gasteiger partial charge in [0.25, 0.3) is 5.91 Å². The van der Waals surface area contributed by atoms with Crippen LogP contribution in [0.3, 0.4) is 0 Å². The van der Waals surface area contributed by atoms with E-state index in [0.717, 1.165) is 25.9 Å². The minimum Gasteiger partial charge on any atom is -0.496 e. The number of rotatable bonds is 7. The molecule has 9 heteroatoms. The lowest BCUT2D eigenvalue weighted by Crippen LogP contribution is -2.27. The van der Waals surface area contributed by atoms with Gasteiger partial charge in [0.2, 0.25) is 5.88 Å². The van der Waals surface area contributed by atoms with Crippen molar-refractivity contribution in [1.82, 2.24) is 20.1 Å². The summed E-state index contributed by atoms with van der Waals surface area (Å²) in [6, 6.07) is 10.2. The number of carbonyl (C=O) groups is 1. The summed E-state index contributed by atoms with van der Waals surface area (Å²) in [5, 5.41) is 26.9. The number of nitrogens with zero attached hydrogens (tertiary/aromatic N) is 4. The number of aromatic hydroxyl groups is 1. The van der Waals surface area contributed by atoms with Gasteiger partial charge in [0, 0.05) is 24.9 Å². The van der Waals surface area contributed by atoms with E-state index < -0.39 is 0 Å². The molecule has 1 aliphatic heterocycles. The number of nitriles is 1. The van der Waals surface area contributed by atoms with Gasteiger partial charge in [-0.1, -0.05) is 0 Å². The van der Waals surface area contributed by atoms with Crippen LogP contribution < -0.4 is 10.1 Å². The molecule has 9 nitrogen and oxygen atoms in total. The molecule has 1 aromatic carbocycles. The van der Waals surface area contributed by atoms with Gasteiger partial charge in [-0.25, -0.2) is 4.98 Å². The van der Waals surface area contributed by atoms with Gasteiger partial charge in [-0.05, 0) is 49.6 Å². The van der Waals surface area contributed by atoms with E-state index in [-0.39, 0.29) is 17.9 Å². The molecule has 2 N–H and O–H groups in total. The molecule has 2 aromatic heterocycles. The van der Waals surface area contributed by atoms with Crippen molar-refractivity contribution in [2.24, 2.45) is 0 Å². The van der Waals surface area contributed by atoms with Gasteiger partial charge in [0.05, 0.1) is 42.2 Å². The standard InChI is InChI=1S/C23H23N5O4/c1-31-20-11-15(12-24)4-6-18(20)19-14-27-28(23(19)30)21-7-5-16(13-26-21)22(29)25-9-8-17-3-2-10-32-17/h4-7,11,13-14,17,30H,2-3,8-10H2,1H3,(H,25,29). The Morgan fingerprint density at radius 2 is 2.22 bits per heavy atom. The maximum atomic E-state index is 12.3. The lowest BCUT2D eigenvalue weighted by atomic mass is 10.1. The second-order valence-corrected chi connectivity index (χ2v) is 7.41. The Morgan fingerprint density at radius 1 is 1.34 bits per heavy atom. The molecule has 164 valence electrons. The number of methoxy groups -OCH3 is 1. The molecule has 3 aromatic rings. The van der Waals surface area contributed by atoms with Crippen molar-refractivity contribution in [1.29, 1.82) is 5.26 Å². The number of aromatic nitrogens is 3. The fraction of sp³-hybridized carbons (Fsp3) is 0.304. The number of ether oxygens (including phenoxy) is 2. The van der Waals surface area contributed by atoms with Crippen molar-refractivity contribution >= 4 is 5.91 Å². The van der Waals surface area contributed by atoms with Crippen LogP contribution in [0.1, 0.15) is 35.2 Å².